The number of allylic oxidation sites excluding steroid dienone is 4. The molecule has 0 aliphatic heterocycles. The predicted molar refractivity (Wildman–Crippen MR) is 196 cm³/mol. The number of halogens is 2. The second kappa shape index (κ2) is 11.8. The van der Waals surface area contributed by atoms with Crippen molar-refractivity contribution in [3.63, 3.8) is 0 Å². The SMILES string of the molecule is Cl.Cl.[CH2]=[Zr]([C]1=CC(C)=CC1C)([c]1ccc(C(C)(C)C)cc1)([c]1ccc(C(C)(C)C)cc1)[c]1cccc2c1Cc1ccccc1-2. The molecular formula is C41H48Cl2Zr. The third kappa shape index (κ3) is 5.22. The van der Waals surface area contributed by atoms with E-state index in [0.29, 0.717) is 5.92 Å². The minimum atomic E-state index is -4.79. The molecule has 0 N–H and O–H groups in total. The van der Waals surface area contributed by atoms with E-state index in [-0.39, 0.29) is 35.6 Å². The fraction of sp³-hybridized carbons (Fsp3) is 0.293. The third-order valence-electron chi connectivity index (χ3n) is 10.2. The van der Waals surface area contributed by atoms with Crippen LogP contribution in [0.5, 0.6) is 0 Å². The molecule has 3 heteroatoms. The summed E-state index contributed by atoms with van der Waals surface area (Å²) in [5.41, 5.74) is 9.95. The Bertz CT molecular complexity index is 1760. The molecule has 1 atom stereocenters. The second-order valence-corrected chi connectivity index (χ2v) is 27.8. The second-order valence-electron chi connectivity index (χ2n) is 15.1. The van der Waals surface area contributed by atoms with Crippen molar-refractivity contribution in [3.8, 4) is 11.1 Å². The maximum absolute atomic E-state index is 5.71. The van der Waals surface area contributed by atoms with Crippen LogP contribution in [0.15, 0.2) is 112 Å². The van der Waals surface area contributed by atoms with Gasteiger partial charge in [-0.15, -0.1) is 24.8 Å². The molecule has 230 valence electrons. The van der Waals surface area contributed by atoms with Crippen LogP contribution in [-0.4, -0.2) is 4.21 Å². The van der Waals surface area contributed by atoms with Crippen molar-refractivity contribution in [1.29, 1.82) is 0 Å². The first-order valence-electron chi connectivity index (χ1n) is 15.6. The first-order chi connectivity index (χ1) is 19.7. The fourth-order valence-corrected chi connectivity index (χ4v) is 24.4. The van der Waals surface area contributed by atoms with E-state index in [4.69, 9.17) is 4.21 Å². The van der Waals surface area contributed by atoms with E-state index in [1.807, 2.05) is 0 Å². The molecule has 6 rings (SSSR count). The minimum absolute atomic E-state index is 0. The Labute approximate surface area is 279 Å². The molecule has 0 saturated heterocycles. The van der Waals surface area contributed by atoms with Crippen molar-refractivity contribution in [2.24, 2.45) is 5.92 Å². The van der Waals surface area contributed by atoms with Gasteiger partial charge in [0.1, 0.15) is 0 Å². The molecule has 0 bridgehead atoms. The Morgan fingerprint density at radius 2 is 1.16 bits per heavy atom. The standard InChI is InChI=1S/C13H9.2C10H13.C7H9.CH2.2ClH.Zr/c1-3-7-12-10(5-1)9-11-6-2-4-8-13(11)12;2*1-10(2,3)9-7-5-4-6-8-9;1-6-3-4-7(2)5-6;;;;/h1-5,7-8H,9H2;2*5-8H,1-3H3;3,5,7H,1-2H3;1H2;2*1H;. The molecular weight excluding hydrogens is 655 g/mol. The van der Waals surface area contributed by atoms with Crippen LogP contribution in [0.3, 0.4) is 0 Å². The van der Waals surface area contributed by atoms with Gasteiger partial charge in [-0.05, 0) is 0 Å². The predicted octanol–water partition coefficient (Wildman–Crippen LogP) is 9.57. The van der Waals surface area contributed by atoms with Gasteiger partial charge in [-0.2, -0.15) is 0 Å². The molecule has 4 aromatic carbocycles. The summed E-state index contributed by atoms with van der Waals surface area (Å²) in [5, 5.41) is 0. The van der Waals surface area contributed by atoms with Gasteiger partial charge in [0.25, 0.3) is 0 Å². The number of benzene rings is 4. The molecule has 0 aromatic heterocycles. The number of rotatable bonds is 4. The summed E-state index contributed by atoms with van der Waals surface area (Å²) in [4.78, 5) is 0. The Morgan fingerprint density at radius 3 is 1.64 bits per heavy atom. The van der Waals surface area contributed by atoms with Crippen LogP contribution >= 0.6 is 24.8 Å². The van der Waals surface area contributed by atoms with Crippen LogP contribution in [0, 0.1) is 5.92 Å². The van der Waals surface area contributed by atoms with Gasteiger partial charge in [0.2, 0.25) is 0 Å². The van der Waals surface area contributed by atoms with Gasteiger partial charge < -0.3 is 0 Å². The molecule has 2 aliphatic carbocycles. The van der Waals surface area contributed by atoms with E-state index in [9.17, 15) is 0 Å². The van der Waals surface area contributed by atoms with E-state index in [0.717, 1.165) is 6.42 Å². The Hall–Kier alpha value is -2.31. The Balaban J connectivity index is 0.00000221. The number of hydrogen-bond acceptors (Lipinski definition) is 0. The summed E-state index contributed by atoms with van der Waals surface area (Å²) < 4.78 is 11.6. The van der Waals surface area contributed by atoms with Crippen LogP contribution in [0.1, 0.15) is 77.6 Å². The van der Waals surface area contributed by atoms with Crippen LogP contribution in [0.2, 0.25) is 0 Å². The van der Waals surface area contributed by atoms with Gasteiger partial charge in [0.05, 0.1) is 0 Å². The van der Waals surface area contributed by atoms with E-state index in [1.54, 1.807) is 3.28 Å². The van der Waals surface area contributed by atoms with Crippen molar-refractivity contribution in [3.05, 3.63) is 134 Å². The van der Waals surface area contributed by atoms with Gasteiger partial charge in [-0.3, -0.25) is 0 Å². The molecule has 0 spiro atoms. The summed E-state index contributed by atoms with van der Waals surface area (Å²) in [5.74, 6) is 0.331. The zero-order valence-electron chi connectivity index (χ0n) is 27.6. The van der Waals surface area contributed by atoms with Gasteiger partial charge in [-0.25, -0.2) is 0 Å². The number of hydrogen-bond donors (Lipinski definition) is 0. The van der Waals surface area contributed by atoms with Crippen LogP contribution < -0.4 is 9.81 Å². The topological polar surface area (TPSA) is 0 Å². The molecule has 0 amide bonds. The summed E-state index contributed by atoms with van der Waals surface area (Å²) in [6, 6.07) is 35.5. The van der Waals surface area contributed by atoms with E-state index >= 15 is 0 Å². The average Bonchev–Trinajstić information content (AvgIpc) is 3.51. The third-order valence-corrected chi connectivity index (χ3v) is 26.8. The first kappa shape index (κ1) is 34.6. The van der Waals surface area contributed by atoms with Crippen molar-refractivity contribution in [2.75, 3.05) is 0 Å². The van der Waals surface area contributed by atoms with Gasteiger partial charge in [0, 0.05) is 0 Å². The molecule has 2 aliphatic rings. The molecule has 44 heavy (non-hydrogen) atoms. The number of fused-ring (bicyclic) bond motifs is 3. The fourth-order valence-electron chi connectivity index (χ4n) is 7.89. The maximum atomic E-state index is 5.71. The molecule has 0 heterocycles. The molecule has 0 radical (unpaired) electrons. The van der Waals surface area contributed by atoms with E-state index < -0.39 is 18.3 Å². The summed E-state index contributed by atoms with van der Waals surface area (Å²) in [6.45, 7) is 18.5. The molecule has 0 nitrogen and oxygen atoms in total. The molecule has 0 saturated carbocycles. The van der Waals surface area contributed by atoms with E-state index in [1.165, 1.54) is 48.8 Å². The van der Waals surface area contributed by atoms with Crippen molar-refractivity contribution >= 4 is 38.8 Å². The monoisotopic (exact) mass is 700 g/mol. The van der Waals surface area contributed by atoms with Gasteiger partial charge in [-0.1, -0.05) is 0 Å². The van der Waals surface area contributed by atoms with Crippen molar-refractivity contribution in [1.82, 2.24) is 0 Å². The normalized spacial score (nSPS) is 16.2. The van der Waals surface area contributed by atoms with Crippen LogP contribution in [0.4, 0.5) is 0 Å². The van der Waals surface area contributed by atoms with Gasteiger partial charge in [0.15, 0.2) is 0 Å². The zero-order valence-corrected chi connectivity index (χ0v) is 31.7. The van der Waals surface area contributed by atoms with Crippen molar-refractivity contribution in [2.45, 2.75) is 72.6 Å². The summed E-state index contributed by atoms with van der Waals surface area (Å²) in [6.07, 6.45) is 5.94. The zero-order chi connectivity index (χ0) is 30.1. The first-order valence-corrected chi connectivity index (χ1v) is 22.2. The Kier molecular flexibility index (Phi) is 9.27. The molecule has 1 unspecified atom stereocenters. The van der Waals surface area contributed by atoms with Crippen LogP contribution in [-0.2, 0) is 35.5 Å². The van der Waals surface area contributed by atoms with E-state index in [2.05, 4.69) is 159 Å². The van der Waals surface area contributed by atoms with Crippen molar-refractivity contribution < 1.29 is 18.3 Å². The van der Waals surface area contributed by atoms with Gasteiger partial charge >= 0.3 is 256 Å². The van der Waals surface area contributed by atoms with Crippen LogP contribution in [0.25, 0.3) is 11.1 Å². The summed E-state index contributed by atoms with van der Waals surface area (Å²) in [7, 11) is 0. The Morgan fingerprint density at radius 1 is 0.659 bits per heavy atom. The quantitative estimate of drug-likeness (QED) is 0.175. The summed E-state index contributed by atoms with van der Waals surface area (Å²) >= 11 is -4.79. The average molecular weight is 703 g/mol. The molecule has 0 fully saturated rings. The molecule has 4 aromatic rings.